The number of pyridine rings is 1. The number of hydrogen-bond acceptors (Lipinski definition) is 6. The molecule has 0 bridgehead atoms. The molecule has 1 aliphatic rings. The number of aromatic nitrogens is 4. The summed E-state index contributed by atoms with van der Waals surface area (Å²) >= 11 is 0. The molecule has 12 heteroatoms. The molecule has 4 heterocycles. The molecule has 206 valence electrons. The number of benzene rings is 1. The number of likely N-dealkylation sites (tertiary alicyclic amines) is 1. The highest BCUT2D eigenvalue weighted by Gasteiger charge is 2.34. The van der Waals surface area contributed by atoms with Gasteiger partial charge in [0, 0.05) is 23.9 Å². The minimum Gasteiger partial charge on any atom is -0.478 e. The Morgan fingerprint density at radius 1 is 1.20 bits per heavy atom. The lowest BCUT2D eigenvalue weighted by molar-refractivity contribution is -0.137. The Kier molecular flexibility index (Phi) is 7.24. The van der Waals surface area contributed by atoms with Gasteiger partial charge in [-0.3, -0.25) is 19.0 Å². The Balaban J connectivity index is 1.48. The first kappa shape index (κ1) is 26.9. The van der Waals surface area contributed by atoms with Gasteiger partial charge in [0.25, 0.3) is 5.91 Å². The highest BCUT2D eigenvalue weighted by molar-refractivity contribution is 6.04. The number of halogens is 3. The minimum atomic E-state index is -4.55. The van der Waals surface area contributed by atoms with Crippen molar-refractivity contribution in [2.45, 2.75) is 32.0 Å². The van der Waals surface area contributed by atoms with Crippen molar-refractivity contribution in [1.29, 1.82) is 0 Å². The van der Waals surface area contributed by atoms with Crippen molar-refractivity contribution in [3.05, 3.63) is 84.6 Å². The van der Waals surface area contributed by atoms with Crippen molar-refractivity contribution in [3.8, 4) is 17.1 Å². The zero-order valence-corrected chi connectivity index (χ0v) is 21.5. The molecule has 1 N–H and O–H groups in total. The number of hydrogen-bond donors (Lipinski definition) is 1. The zero-order valence-electron chi connectivity index (χ0n) is 21.5. The molecule has 1 saturated heterocycles. The molecule has 0 radical (unpaired) electrons. The van der Waals surface area contributed by atoms with Gasteiger partial charge in [0.15, 0.2) is 0 Å². The average molecular weight is 551 g/mol. The predicted octanol–water partition coefficient (Wildman–Crippen LogP) is 5.31. The summed E-state index contributed by atoms with van der Waals surface area (Å²) in [6.45, 7) is 6.46. The highest BCUT2D eigenvalue weighted by atomic mass is 19.4. The van der Waals surface area contributed by atoms with Gasteiger partial charge in [-0.25, -0.2) is 9.97 Å². The maximum Gasteiger partial charge on any atom is 0.416 e. The van der Waals surface area contributed by atoms with Gasteiger partial charge in [0.2, 0.25) is 11.8 Å². The van der Waals surface area contributed by atoms with E-state index in [1.807, 2.05) is 11.3 Å². The fourth-order valence-electron chi connectivity index (χ4n) is 4.78. The second kappa shape index (κ2) is 10.8. The lowest BCUT2D eigenvalue weighted by atomic mass is 10.1. The second-order valence-corrected chi connectivity index (χ2v) is 9.07. The number of alkyl halides is 3. The van der Waals surface area contributed by atoms with E-state index in [2.05, 4.69) is 21.9 Å². The smallest absolute Gasteiger partial charge is 0.416 e. The lowest BCUT2D eigenvalue weighted by Gasteiger charge is -2.23. The Labute approximate surface area is 227 Å². The molecule has 1 fully saturated rings. The SMILES string of the molecule is C=CC(=O)N1CCC[C@H]1c1nc(-c2ccc(C(=O)Nc3cc(C(F)(F)F)ccn3)cc2)c2cncc(OCC)n12. The molecule has 4 aromatic rings. The average Bonchev–Trinajstić information content (AvgIpc) is 3.58. The van der Waals surface area contributed by atoms with E-state index >= 15 is 0 Å². The summed E-state index contributed by atoms with van der Waals surface area (Å²) in [7, 11) is 0. The number of rotatable bonds is 7. The van der Waals surface area contributed by atoms with Gasteiger partial charge in [-0.2, -0.15) is 13.2 Å². The summed E-state index contributed by atoms with van der Waals surface area (Å²) in [5.41, 5.74) is 1.22. The molecular formula is C28H25F3N6O3. The Morgan fingerprint density at radius 2 is 1.98 bits per heavy atom. The van der Waals surface area contributed by atoms with E-state index in [4.69, 9.17) is 9.72 Å². The van der Waals surface area contributed by atoms with E-state index in [-0.39, 0.29) is 23.3 Å². The topological polar surface area (TPSA) is 102 Å². The monoisotopic (exact) mass is 550 g/mol. The second-order valence-electron chi connectivity index (χ2n) is 9.07. The molecule has 0 spiro atoms. The first-order chi connectivity index (χ1) is 19.2. The van der Waals surface area contributed by atoms with Gasteiger partial charge < -0.3 is 15.0 Å². The Morgan fingerprint density at radius 3 is 2.67 bits per heavy atom. The Hall–Kier alpha value is -4.74. The molecule has 0 aliphatic carbocycles. The zero-order chi connectivity index (χ0) is 28.4. The maximum atomic E-state index is 13.0. The summed E-state index contributed by atoms with van der Waals surface area (Å²) in [4.78, 5) is 40.1. The number of carbonyl (C=O) groups excluding carboxylic acids is 2. The molecule has 0 unspecified atom stereocenters. The molecule has 9 nitrogen and oxygen atoms in total. The van der Waals surface area contributed by atoms with Gasteiger partial charge in [-0.1, -0.05) is 18.7 Å². The molecule has 2 amide bonds. The molecular weight excluding hydrogens is 525 g/mol. The number of nitrogens with one attached hydrogen (secondary N) is 1. The van der Waals surface area contributed by atoms with Crippen LogP contribution in [0.3, 0.4) is 0 Å². The van der Waals surface area contributed by atoms with Crippen LogP contribution < -0.4 is 10.1 Å². The van der Waals surface area contributed by atoms with E-state index in [0.29, 0.717) is 48.1 Å². The minimum absolute atomic E-state index is 0.182. The van der Waals surface area contributed by atoms with Crippen molar-refractivity contribution in [1.82, 2.24) is 24.3 Å². The number of ether oxygens (including phenoxy) is 1. The van der Waals surface area contributed by atoms with Gasteiger partial charge in [0.05, 0.1) is 41.8 Å². The fraction of sp³-hybridized carbons (Fsp3) is 0.250. The third-order valence-electron chi connectivity index (χ3n) is 6.59. The van der Waals surface area contributed by atoms with Crippen LogP contribution in [0.25, 0.3) is 16.8 Å². The molecule has 1 aliphatic heterocycles. The molecule has 40 heavy (non-hydrogen) atoms. The first-order valence-corrected chi connectivity index (χ1v) is 12.6. The molecule has 3 aromatic heterocycles. The van der Waals surface area contributed by atoms with Crippen LogP contribution in [-0.4, -0.2) is 49.2 Å². The fourth-order valence-corrected chi connectivity index (χ4v) is 4.78. The van der Waals surface area contributed by atoms with Gasteiger partial charge in [0.1, 0.15) is 11.6 Å². The molecule has 0 saturated carbocycles. The number of anilines is 1. The van der Waals surface area contributed by atoms with Crippen LogP contribution in [0.5, 0.6) is 5.88 Å². The maximum absolute atomic E-state index is 13.0. The van der Waals surface area contributed by atoms with E-state index in [0.717, 1.165) is 24.8 Å². The largest absolute Gasteiger partial charge is 0.478 e. The van der Waals surface area contributed by atoms with Crippen molar-refractivity contribution in [3.63, 3.8) is 0 Å². The summed E-state index contributed by atoms with van der Waals surface area (Å²) in [6.07, 6.45) is 2.50. The normalized spacial score (nSPS) is 15.3. The molecule has 1 aromatic carbocycles. The lowest BCUT2D eigenvalue weighted by Crippen LogP contribution is -2.30. The third-order valence-corrected chi connectivity index (χ3v) is 6.59. The van der Waals surface area contributed by atoms with Crippen LogP contribution in [0.4, 0.5) is 19.0 Å². The van der Waals surface area contributed by atoms with Gasteiger partial charge in [-0.15, -0.1) is 0 Å². The molecule has 1 atom stereocenters. The number of imidazole rings is 1. The van der Waals surface area contributed by atoms with Crippen molar-refractivity contribution < 1.29 is 27.5 Å². The predicted molar refractivity (Wildman–Crippen MR) is 141 cm³/mol. The summed E-state index contributed by atoms with van der Waals surface area (Å²) in [5.74, 6) is 0.104. The van der Waals surface area contributed by atoms with Crippen LogP contribution in [0, 0.1) is 0 Å². The van der Waals surface area contributed by atoms with Crippen molar-refractivity contribution in [2.24, 2.45) is 0 Å². The van der Waals surface area contributed by atoms with E-state index in [1.165, 1.54) is 6.08 Å². The molecule has 5 rings (SSSR count). The van der Waals surface area contributed by atoms with Crippen molar-refractivity contribution >= 4 is 23.1 Å². The summed E-state index contributed by atoms with van der Waals surface area (Å²) < 4.78 is 46.7. The quantitative estimate of drug-likeness (QED) is 0.313. The van der Waals surface area contributed by atoms with Crippen LogP contribution in [0.1, 0.15) is 47.6 Å². The van der Waals surface area contributed by atoms with E-state index in [1.54, 1.807) is 41.6 Å². The number of carbonyl (C=O) groups is 2. The third kappa shape index (κ3) is 5.12. The van der Waals surface area contributed by atoms with Crippen LogP contribution in [0.2, 0.25) is 0 Å². The number of amides is 2. The van der Waals surface area contributed by atoms with E-state index in [9.17, 15) is 22.8 Å². The van der Waals surface area contributed by atoms with E-state index < -0.39 is 17.6 Å². The number of fused-ring (bicyclic) bond motifs is 1. The van der Waals surface area contributed by atoms with Gasteiger partial charge in [-0.05, 0) is 50.1 Å². The van der Waals surface area contributed by atoms with Crippen LogP contribution >= 0.6 is 0 Å². The Bertz CT molecular complexity index is 1580. The van der Waals surface area contributed by atoms with Crippen LogP contribution in [0.15, 0.2) is 67.6 Å². The summed E-state index contributed by atoms with van der Waals surface area (Å²) in [6, 6.07) is 7.79. The number of nitrogens with zero attached hydrogens (tertiary/aromatic N) is 5. The standard InChI is InChI=1S/C28H25F3N6O3/c1-3-23(38)36-13-5-6-20(36)26-35-25(21-15-32-16-24(37(21)26)40-4-2)17-7-9-18(10-8-17)27(39)34-22-14-19(11-12-33-22)28(29,30)31/h3,7-12,14-16,20H,1,4-6,13H2,2H3,(H,33,34,39)/t20-/m0/s1. The van der Waals surface area contributed by atoms with Crippen molar-refractivity contribution in [2.75, 3.05) is 18.5 Å². The highest BCUT2D eigenvalue weighted by Crippen LogP contribution is 2.37. The van der Waals surface area contributed by atoms with Crippen LogP contribution in [-0.2, 0) is 11.0 Å². The first-order valence-electron chi connectivity index (χ1n) is 12.6. The summed E-state index contributed by atoms with van der Waals surface area (Å²) in [5, 5.41) is 2.40. The van der Waals surface area contributed by atoms with Gasteiger partial charge >= 0.3 is 6.18 Å².